The Balaban J connectivity index is 1.83. The third-order valence-corrected chi connectivity index (χ3v) is 5.01. The number of fused-ring (bicyclic) bond motifs is 1. The lowest BCUT2D eigenvalue weighted by Gasteiger charge is -2.18. The number of anilines is 1. The number of amides is 2. The lowest BCUT2D eigenvalue weighted by Crippen LogP contribution is -2.29. The molecule has 0 bridgehead atoms. The summed E-state index contributed by atoms with van der Waals surface area (Å²) in [6, 6.07) is 19.7. The smallest absolute Gasteiger partial charge is 0.263 e. The van der Waals surface area contributed by atoms with Gasteiger partial charge in [0.05, 0.1) is 0 Å². The number of nitrogens with zero attached hydrogens (tertiary/aromatic N) is 1. The molecule has 1 unspecified atom stereocenters. The van der Waals surface area contributed by atoms with Crippen molar-refractivity contribution in [1.29, 1.82) is 0 Å². The number of hydrogen-bond donors (Lipinski definition) is 1. The van der Waals surface area contributed by atoms with Crippen LogP contribution in [-0.4, -0.2) is 36.4 Å². The first kappa shape index (κ1) is 18.0. The third-order valence-electron chi connectivity index (χ3n) is 5.01. The maximum absolute atomic E-state index is 12.3. The lowest BCUT2D eigenvalue weighted by molar-refractivity contribution is -0.132. The summed E-state index contributed by atoms with van der Waals surface area (Å²) in [7, 11) is 1.80. The second kappa shape index (κ2) is 7.35. The topological polar surface area (TPSA) is 58.6 Å². The quantitative estimate of drug-likeness (QED) is 0.749. The minimum Gasteiger partial charge on any atom is -0.480 e. The maximum Gasteiger partial charge on any atom is 0.263 e. The molecular formula is C23H22N2O3. The van der Waals surface area contributed by atoms with Crippen LogP contribution in [0.5, 0.6) is 5.75 Å². The van der Waals surface area contributed by atoms with Crippen LogP contribution in [0.25, 0.3) is 21.9 Å². The van der Waals surface area contributed by atoms with E-state index in [-0.39, 0.29) is 11.8 Å². The fourth-order valence-electron chi connectivity index (χ4n) is 3.66. The summed E-state index contributed by atoms with van der Waals surface area (Å²) in [5.41, 5.74) is 2.57. The first-order valence-electron chi connectivity index (χ1n) is 9.34. The van der Waals surface area contributed by atoms with E-state index in [2.05, 4.69) is 11.4 Å². The molecule has 2 amide bonds. The molecule has 1 aliphatic rings. The molecule has 1 fully saturated rings. The molecular weight excluding hydrogens is 352 g/mol. The zero-order chi connectivity index (χ0) is 19.7. The van der Waals surface area contributed by atoms with E-state index in [0.29, 0.717) is 18.7 Å². The Hall–Kier alpha value is -3.34. The monoisotopic (exact) mass is 374 g/mol. The number of nitrogens with one attached hydrogen (secondary N) is 1. The summed E-state index contributed by atoms with van der Waals surface area (Å²) >= 11 is 0. The molecule has 1 saturated heterocycles. The standard InChI is InChI=1S/C23H22N2O3/c1-15(26)24-18-8-5-7-17(14-18)22-19-9-4-3-6-16(19)10-11-20(22)28-21-12-13-25(2)23(21)27/h3-11,14,21H,12-13H2,1-2H3,(H,24,26). The number of rotatable bonds is 4. The molecule has 0 saturated carbocycles. The molecule has 0 spiro atoms. The number of likely N-dealkylation sites (N-methyl/N-ethyl adjacent to an activating group) is 1. The maximum atomic E-state index is 12.3. The minimum absolute atomic E-state index is 0.00565. The summed E-state index contributed by atoms with van der Waals surface area (Å²) in [5, 5.41) is 4.96. The van der Waals surface area contributed by atoms with Crippen molar-refractivity contribution in [3.63, 3.8) is 0 Å². The van der Waals surface area contributed by atoms with Crippen molar-refractivity contribution in [1.82, 2.24) is 4.90 Å². The van der Waals surface area contributed by atoms with E-state index in [1.165, 1.54) is 6.92 Å². The molecule has 142 valence electrons. The second-order valence-electron chi connectivity index (χ2n) is 7.08. The zero-order valence-electron chi connectivity index (χ0n) is 15.9. The number of ether oxygens (including phenoxy) is 1. The molecule has 1 aliphatic heterocycles. The third kappa shape index (κ3) is 3.43. The second-order valence-corrected chi connectivity index (χ2v) is 7.08. The van der Waals surface area contributed by atoms with Gasteiger partial charge in [-0.2, -0.15) is 0 Å². The van der Waals surface area contributed by atoms with Crippen LogP contribution >= 0.6 is 0 Å². The van der Waals surface area contributed by atoms with Gasteiger partial charge >= 0.3 is 0 Å². The average molecular weight is 374 g/mol. The van der Waals surface area contributed by atoms with Gasteiger partial charge in [-0.3, -0.25) is 9.59 Å². The SMILES string of the molecule is CC(=O)Nc1cccc(-c2c(OC3CCN(C)C3=O)ccc3ccccc23)c1. The fraction of sp³-hybridized carbons (Fsp3) is 0.217. The highest BCUT2D eigenvalue weighted by atomic mass is 16.5. The van der Waals surface area contributed by atoms with Gasteiger partial charge in [-0.1, -0.05) is 42.5 Å². The van der Waals surface area contributed by atoms with Crippen LogP contribution in [0, 0.1) is 0 Å². The van der Waals surface area contributed by atoms with Crippen molar-refractivity contribution in [2.24, 2.45) is 0 Å². The van der Waals surface area contributed by atoms with E-state index in [9.17, 15) is 9.59 Å². The Morgan fingerprint density at radius 1 is 1.11 bits per heavy atom. The molecule has 0 aliphatic carbocycles. The van der Waals surface area contributed by atoms with Crippen LogP contribution in [0.1, 0.15) is 13.3 Å². The van der Waals surface area contributed by atoms with Crippen LogP contribution < -0.4 is 10.1 Å². The van der Waals surface area contributed by atoms with Gasteiger partial charge in [0.25, 0.3) is 5.91 Å². The highest BCUT2D eigenvalue weighted by molar-refractivity contribution is 6.01. The lowest BCUT2D eigenvalue weighted by atomic mass is 9.96. The molecule has 1 N–H and O–H groups in total. The van der Waals surface area contributed by atoms with Gasteiger partial charge in [0.2, 0.25) is 5.91 Å². The van der Waals surface area contributed by atoms with E-state index in [1.807, 2.05) is 54.6 Å². The molecule has 3 aromatic carbocycles. The average Bonchev–Trinajstić information content (AvgIpc) is 2.99. The Kier molecular flexibility index (Phi) is 4.74. The first-order valence-corrected chi connectivity index (χ1v) is 9.34. The van der Waals surface area contributed by atoms with Crippen molar-refractivity contribution in [2.45, 2.75) is 19.4 Å². The molecule has 28 heavy (non-hydrogen) atoms. The van der Waals surface area contributed by atoms with Gasteiger partial charge in [0.1, 0.15) is 5.75 Å². The van der Waals surface area contributed by atoms with Crippen LogP contribution in [0.3, 0.4) is 0 Å². The molecule has 1 atom stereocenters. The molecule has 4 rings (SSSR count). The van der Waals surface area contributed by atoms with Gasteiger partial charge in [0.15, 0.2) is 6.10 Å². The van der Waals surface area contributed by atoms with Gasteiger partial charge in [-0.05, 0) is 34.5 Å². The van der Waals surface area contributed by atoms with Crippen molar-refractivity contribution in [2.75, 3.05) is 18.9 Å². The minimum atomic E-state index is -0.469. The zero-order valence-corrected chi connectivity index (χ0v) is 15.9. The van der Waals surface area contributed by atoms with Crippen molar-refractivity contribution >= 4 is 28.3 Å². The highest BCUT2D eigenvalue weighted by Crippen LogP contribution is 2.39. The number of carbonyl (C=O) groups is 2. The normalized spacial score (nSPS) is 16.4. The van der Waals surface area contributed by atoms with E-state index in [4.69, 9.17) is 4.74 Å². The van der Waals surface area contributed by atoms with Gasteiger partial charge in [-0.25, -0.2) is 0 Å². The van der Waals surface area contributed by atoms with Crippen molar-refractivity contribution in [3.8, 4) is 16.9 Å². The Morgan fingerprint density at radius 3 is 2.68 bits per heavy atom. The number of hydrogen-bond acceptors (Lipinski definition) is 3. The Bertz CT molecular complexity index is 1060. The van der Waals surface area contributed by atoms with Crippen LogP contribution in [0.2, 0.25) is 0 Å². The van der Waals surface area contributed by atoms with Crippen LogP contribution in [0.4, 0.5) is 5.69 Å². The van der Waals surface area contributed by atoms with Crippen LogP contribution in [-0.2, 0) is 9.59 Å². The molecule has 3 aromatic rings. The molecule has 5 nitrogen and oxygen atoms in total. The van der Waals surface area contributed by atoms with Gasteiger partial charge < -0.3 is 15.0 Å². The Morgan fingerprint density at radius 2 is 1.93 bits per heavy atom. The molecule has 0 radical (unpaired) electrons. The van der Waals surface area contributed by atoms with E-state index < -0.39 is 6.10 Å². The Labute approximate surface area is 163 Å². The molecule has 1 heterocycles. The predicted molar refractivity (Wildman–Crippen MR) is 110 cm³/mol. The van der Waals surface area contributed by atoms with Crippen LogP contribution in [0.15, 0.2) is 60.7 Å². The summed E-state index contributed by atoms with van der Waals surface area (Å²) in [6.45, 7) is 2.19. The van der Waals surface area contributed by atoms with Gasteiger partial charge in [0, 0.05) is 38.2 Å². The number of likely N-dealkylation sites (tertiary alicyclic amines) is 1. The molecule has 5 heteroatoms. The van der Waals surface area contributed by atoms with E-state index >= 15 is 0 Å². The summed E-state index contributed by atoms with van der Waals surface area (Å²) < 4.78 is 6.19. The first-order chi connectivity index (χ1) is 13.5. The largest absolute Gasteiger partial charge is 0.480 e. The van der Waals surface area contributed by atoms with E-state index in [1.54, 1.807) is 11.9 Å². The summed E-state index contributed by atoms with van der Waals surface area (Å²) in [5.74, 6) is 0.560. The molecule has 0 aromatic heterocycles. The van der Waals surface area contributed by atoms with E-state index in [0.717, 1.165) is 27.6 Å². The highest BCUT2D eigenvalue weighted by Gasteiger charge is 2.31. The van der Waals surface area contributed by atoms with Crippen molar-refractivity contribution < 1.29 is 14.3 Å². The van der Waals surface area contributed by atoms with Gasteiger partial charge in [-0.15, -0.1) is 0 Å². The summed E-state index contributed by atoms with van der Waals surface area (Å²) in [4.78, 5) is 25.5. The van der Waals surface area contributed by atoms with Crippen molar-refractivity contribution in [3.05, 3.63) is 60.7 Å². The fourth-order valence-corrected chi connectivity index (χ4v) is 3.66. The number of benzene rings is 3. The predicted octanol–water partition coefficient (Wildman–Crippen LogP) is 4.07. The summed E-state index contributed by atoms with van der Waals surface area (Å²) in [6.07, 6.45) is 0.205. The number of carbonyl (C=O) groups excluding carboxylic acids is 2.